The highest BCUT2D eigenvalue weighted by atomic mass is 16.5. The standard InChI is InChI=1S/C71H50N2O/c1-71(2)64-34-10-14-38-69(64)74-70-45-51(39-42-65(70)71)63-46-54(40-41-60(63)59-33-18-22-48-20-4-6-28-56(48)59)72(52-25-15-23-49(43-52)57-32-17-21-47-19-3-5-27-55(47)57)53-26-16-24-50(44-53)58-29-7-11-35-66(58)73-67-36-12-8-30-61(67)62-31-9-13-37-68(62)73/h3-46H,1-2H3. The van der Waals surface area contributed by atoms with Gasteiger partial charge in [0, 0.05) is 49.9 Å². The summed E-state index contributed by atoms with van der Waals surface area (Å²) in [5.74, 6) is 1.79. The molecule has 12 aromatic carbocycles. The SMILES string of the molecule is CC1(C)c2ccccc2Oc2cc(-c3cc(N(c4cccc(-c5ccccc5-n5c6ccccc6c6ccccc65)c4)c4cccc(-c5cccc6ccccc56)c4)ccc3-c3cccc4ccccc34)ccc21. The second kappa shape index (κ2) is 17.4. The maximum absolute atomic E-state index is 6.82. The van der Waals surface area contributed by atoms with Crippen LogP contribution in [0.5, 0.6) is 11.5 Å². The van der Waals surface area contributed by atoms with Gasteiger partial charge in [-0.3, -0.25) is 0 Å². The van der Waals surface area contributed by atoms with Crippen LogP contribution in [0.25, 0.3) is 93.5 Å². The summed E-state index contributed by atoms with van der Waals surface area (Å²) in [4.78, 5) is 2.44. The van der Waals surface area contributed by atoms with Crippen molar-refractivity contribution in [3.05, 3.63) is 278 Å². The van der Waals surface area contributed by atoms with E-state index in [1.54, 1.807) is 0 Å². The van der Waals surface area contributed by atoms with Crippen molar-refractivity contribution in [1.29, 1.82) is 0 Å². The fourth-order valence-electron chi connectivity index (χ4n) is 11.9. The van der Waals surface area contributed by atoms with Gasteiger partial charge in [0.05, 0.1) is 16.7 Å². The Morgan fingerprint density at radius 2 is 0.824 bits per heavy atom. The van der Waals surface area contributed by atoms with Crippen molar-refractivity contribution in [1.82, 2.24) is 4.57 Å². The molecular weight excluding hydrogens is 897 g/mol. The first-order valence-corrected chi connectivity index (χ1v) is 25.6. The third kappa shape index (κ3) is 7.11. The molecule has 14 rings (SSSR count). The molecule has 0 unspecified atom stereocenters. The number of aromatic nitrogens is 1. The van der Waals surface area contributed by atoms with E-state index in [1.165, 1.54) is 65.6 Å². The van der Waals surface area contributed by atoms with E-state index < -0.39 is 0 Å². The summed E-state index contributed by atoms with van der Waals surface area (Å²) >= 11 is 0. The van der Waals surface area contributed by atoms with Crippen molar-refractivity contribution < 1.29 is 4.74 Å². The minimum absolute atomic E-state index is 0.236. The Morgan fingerprint density at radius 3 is 1.54 bits per heavy atom. The van der Waals surface area contributed by atoms with Crippen molar-refractivity contribution >= 4 is 60.4 Å². The van der Waals surface area contributed by atoms with E-state index in [1.807, 2.05) is 0 Å². The van der Waals surface area contributed by atoms with E-state index in [0.717, 1.165) is 67.6 Å². The van der Waals surface area contributed by atoms with Crippen LogP contribution in [0.4, 0.5) is 17.1 Å². The molecule has 0 saturated carbocycles. The molecule has 0 radical (unpaired) electrons. The summed E-state index contributed by atoms with van der Waals surface area (Å²) in [5.41, 5.74) is 17.9. The maximum Gasteiger partial charge on any atom is 0.132 e. The Balaban J connectivity index is 0.991. The average molecular weight is 947 g/mol. The Hall–Kier alpha value is -9.44. The third-order valence-corrected chi connectivity index (χ3v) is 15.4. The molecule has 1 aromatic heterocycles. The zero-order valence-corrected chi connectivity index (χ0v) is 41.2. The van der Waals surface area contributed by atoms with Gasteiger partial charge < -0.3 is 14.2 Å². The van der Waals surface area contributed by atoms with Crippen molar-refractivity contribution in [2.45, 2.75) is 19.3 Å². The molecule has 0 spiro atoms. The lowest BCUT2D eigenvalue weighted by atomic mass is 9.75. The van der Waals surface area contributed by atoms with Gasteiger partial charge >= 0.3 is 0 Å². The molecule has 0 fully saturated rings. The smallest absolute Gasteiger partial charge is 0.132 e. The fourth-order valence-corrected chi connectivity index (χ4v) is 11.9. The van der Waals surface area contributed by atoms with Gasteiger partial charge in [0.2, 0.25) is 0 Å². The number of fused-ring (bicyclic) bond motifs is 7. The lowest BCUT2D eigenvalue weighted by Crippen LogP contribution is -2.24. The highest BCUT2D eigenvalue weighted by Gasteiger charge is 2.34. The van der Waals surface area contributed by atoms with E-state index in [9.17, 15) is 0 Å². The summed E-state index contributed by atoms with van der Waals surface area (Å²) in [5, 5.41) is 7.34. The van der Waals surface area contributed by atoms with Crippen LogP contribution in [0.1, 0.15) is 25.0 Å². The van der Waals surface area contributed by atoms with Crippen LogP contribution in [0.3, 0.4) is 0 Å². The maximum atomic E-state index is 6.82. The molecule has 3 heteroatoms. The van der Waals surface area contributed by atoms with E-state index >= 15 is 0 Å². The minimum atomic E-state index is -0.236. The molecule has 3 nitrogen and oxygen atoms in total. The molecule has 1 aliphatic heterocycles. The van der Waals surface area contributed by atoms with Gasteiger partial charge in [0.25, 0.3) is 0 Å². The topological polar surface area (TPSA) is 17.4 Å². The first-order chi connectivity index (χ1) is 36.5. The Morgan fingerprint density at radius 1 is 0.324 bits per heavy atom. The Bertz CT molecular complexity index is 4280. The second-order valence-corrected chi connectivity index (χ2v) is 20.0. The van der Waals surface area contributed by atoms with Crippen LogP contribution < -0.4 is 9.64 Å². The monoisotopic (exact) mass is 946 g/mol. The Labute approximate surface area is 431 Å². The highest BCUT2D eigenvalue weighted by molar-refractivity contribution is 6.10. The molecule has 0 N–H and O–H groups in total. The van der Waals surface area contributed by atoms with E-state index in [4.69, 9.17) is 4.74 Å². The fraction of sp³-hybridized carbons (Fsp3) is 0.0423. The molecule has 0 atom stereocenters. The van der Waals surface area contributed by atoms with Crippen LogP contribution in [0, 0.1) is 0 Å². The summed E-state index contributed by atoms with van der Waals surface area (Å²) in [6.45, 7) is 4.60. The third-order valence-electron chi connectivity index (χ3n) is 15.4. The van der Waals surface area contributed by atoms with Crippen molar-refractivity contribution in [2.24, 2.45) is 0 Å². The van der Waals surface area contributed by atoms with Gasteiger partial charge in [-0.2, -0.15) is 0 Å². The zero-order chi connectivity index (χ0) is 49.3. The van der Waals surface area contributed by atoms with E-state index in [0.29, 0.717) is 0 Å². The van der Waals surface area contributed by atoms with Crippen molar-refractivity contribution in [2.75, 3.05) is 4.90 Å². The van der Waals surface area contributed by atoms with Gasteiger partial charge in [-0.1, -0.05) is 214 Å². The van der Waals surface area contributed by atoms with E-state index in [-0.39, 0.29) is 5.41 Å². The predicted octanol–water partition coefficient (Wildman–Crippen LogP) is 19.7. The predicted molar refractivity (Wildman–Crippen MR) is 311 cm³/mol. The van der Waals surface area contributed by atoms with Crippen LogP contribution in [-0.4, -0.2) is 4.57 Å². The number of para-hydroxylation sites is 4. The second-order valence-electron chi connectivity index (χ2n) is 20.0. The summed E-state index contributed by atoms with van der Waals surface area (Å²) < 4.78 is 9.25. The largest absolute Gasteiger partial charge is 0.457 e. The van der Waals surface area contributed by atoms with Crippen LogP contribution >= 0.6 is 0 Å². The van der Waals surface area contributed by atoms with Gasteiger partial charge in [-0.05, 0) is 127 Å². The average Bonchev–Trinajstić information content (AvgIpc) is 3.82. The molecule has 74 heavy (non-hydrogen) atoms. The minimum Gasteiger partial charge on any atom is -0.457 e. The normalized spacial score (nSPS) is 12.7. The number of benzene rings is 12. The number of nitrogens with zero attached hydrogens (tertiary/aromatic N) is 2. The quantitative estimate of drug-likeness (QED) is 0.151. The number of ether oxygens (including phenoxy) is 1. The van der Waals surface area contributed by atoms with Gasteiger partial charge in [0.15, 0.2) is 0 Å². The molecule has 350 valence electrons. The summed E-state index contributed by atoms with van der Waals surface area (Å²) in [6.07, 6.45) is 0. The summed E-state index contributed by atoms with van der Waals surface area (Å²) in [7, 11) is 0. The first kappa shape index (κ1) is 43.4. The molecule has 0 bridgehead atoms. The highest BCUT2D eigenvalue weighted by Crippen LogP contribution is 2.51. The van der Waals surface area contributed by atoms with Crippen LogP contribution in [0.15, 0.2) is 267 Å². The molecule has 0 amide bonds. The number of rotatable bonds is 8. The Kier molecular flexibility index (Phi) is 10.2. The molecule has 1 aliphatic rings. The molecule has 2 heterocycles. The van der Waals surface area contributed by atoms with Gasteiger partial charge in [-0.15, -0.1) is 0 Å². The zero-order valence-electron chi connectivity index (χ0n) is 41.2. The van der Waals surface area contributed by atoms with E-state index in [2.05, 4.69) is 290 Å². The molecule has 13 aromatic rings. The molecule has 0 saturated heterocycles. The number of hydrogen-bond acceptors (Lipinski definition) is 2. The van der Waals surface area contributed by atoms with Crippen molar-refractivity contribution in [3.63, 3.8) is 0 Å². The van der Waals surface area contributed by atoms with Crippen LogP contribution in [-0.2, 0) is 5.41 Å². The lowest BCUT2D eigenvalue weighted by molar-refractivity contribution is 0.418. The summed E-state index contributed by atoms with van der Waals surface area (Å²) in [6, 6.07) is 97.4. The number of hydrogen-bond donors (Lipinski definition) is 0. The van der Waals surface area contributed by atoms with Crippen molar-refractivity contribution in [3.8, 4) is 61.7 Å². The first-order valence-electron chi connectivity index (χ1n) is 25.6. The van der Waals surface area contributed by atoms with Gasteiger partial charge in [-0.25, -0.2) is 0 Å². The lowest BCUT2D eigenvalue weighted by Gasteiger charge is -2.34. The molecule has 0 aliphatic carbocycles. The number of anilines is 3. The van der Waals surface area contributed by atoms with Gasteiger partial charge in [0.1, 0.15) is 11.5 Å². The van der Waals surface area contributed by atoms with Crippen LogP contribution in [0.2, 0.25) is 0 Å². The molecular formula is C71H50N2O.